The number of rotatable bonds is 7. The molecule has 1 saturated heterocycles. The summed E-state index contributed by atoms with van der Waals surface area (Å²) in [4.78, 5) is 16.1. The SMILES string of the molecule is C=CC(=O)NC1CC(CO)N(S(=O)(=O)c2ccc(Nc3cc4ccccc4cn3)cc2)C1. The average Bonchev–Trinajstić information content (AvgIpc) is 3.23. The molecule has 1 aromatic heterocycles. The van der Waals surface area contributed by atoms with E-state index in [1.54, 1.807) is 18.3 Å². The number of sulfonamides is 1. The first-order chi connectivity index (χ1) is 15.4. The number of anilines is 2. The Labute approximate surface area is 186 Å². The molecule has 166 valence electrons. The van der Waals surface area contributed by atoms with Crippen molar-refractivity contribution in [3.8, 4) is 0 Å². The van der Waals surface area contributed by atoms with E-state index in [1.165, 1.54) is 16.4 Å². The molecule has 0 aliphatic carbocycles. The van der Waals surface area contributed by atoms with Gasteiger partial charge in [0, 0.05) is 29.9 Å². The maximum atomic E-state index is 13.2. The van der Waals surface area contributed by atoms with Crippen molar-refractivity contribution in [2.45, 2.75) is 23.4 Å². The number of hydrogen-bond donors (Lipinski definition) is 3. The Hall–Kier alpha value is -3.27. The van der Waals surface area contributed by atoms with E-state index >= 15 is 0 Å². The van der Waals surface area contributed by atoms with Crippen molar-refractivity contribution in [2.75, 3.05) is 18.5 Å². The van der Waals surface area contributed by atoms with Crippen LogP contribution in [0.4, 0.5) is 11.5 Å². The minimum absolute atomic E-state index is 0.0914. The number of aromatic nitrogens is 1. The number of fused-ring (bicyclic) bond motifs is 1. The number of pyridine rings is 1. The molecular formula is C23H24N4O4S. The van der Waals surface area contributed by atoms with Crippen LogP contribution in [0.15, 0.2) is 78.3 Å². The summed E-state index contributed by atoms with van der Waals surface area (Å²) in [6, 6.07) is 15.2. The molecule has 1 fully saturated rings. The largest absolute Gasteiger partial charge is 0.395 e. The molecule has 8 nitrogen and oxygen atoms in total. The number of nitrogens with zero attached hydrogens (tertiary/aromatic N) is 2. The summed E-state index contributed by atoms with van der Waals surface area (Å²) < 4.78 is 27.6. The molecule has 1 aliphatic heterocycles. The van der Waals surface area contributed by atoms with Crippen LogP contribution in [0.5, 0.6) is 0 Å². The lowest BCUT2D eigenvalue weighted by atomic mass is 10.2. The zero-order valence-electron chi connectivity index (χ0n) is 17.3. The molecule has 2 heterocycles. The molecule has 3 aromatic rings. The number of carbonyl (C=O) groups excluding carboxylic acids is 1. The van der Waals surface area contributed by atoms with Crippen molar-refractivity contribution in [3.05, 3.63) is 73.4 Å². The smallest absolute Gasteiger partial charge is 0.243 e. The Bertz CT molecular complexity index is 1240. The highest BCUT2D eigenvalue weighted by Crippen LogP contribution is 2.28. The molecule has 9 heteroatoms. The van der Waals surface area contributed by atoms with Crippen LogP contribution in [0.1, 0.15) is 6.42 Å². The second-order valence-corrected chi connectivity index (χ2v) is 9.51. The van der Waals surface area contributed by atoms with Crippen molar-refractivity contribution >= 4 is 38.2 Å². The highest BCUT2D eigenvalue weighted by Gasteiger charge is 2.40. The van der Waals surface area contributed by atoms with E-state index in [-0.39, 0.29) is 30.0 Å². The zero-order valence-corrected chi connectivity index (χ0v) is 18.1. The number of aliphatic hydroxyl groups is 1. The van der Waals surface area contributed by atoms with Gasteiger partial charge in [0.15, 0.2) is 0 Å². The number of hydrogen-bond acceptors (Lipinski definition) is 6. The number of carbonyl (C=O) groups is 1. The molecule has 32 heavy (non-hydrogen) atoms. The van der Waals surface area contributed by atoms with Crippen LogP contribution in [0, 0.1) is 0 Å². The van der Waals surface area contributed by atoms with E-state index < -0.39 is 16.1 Å². The number of aliphatic hydroxyl groups excluding tert-OH is 1. The van der Waals surface area contributed by atoms with Crippen molar-refractivity contribution in [2.24, 2.45) is 0 Å². The topological polar surface area (TPSA) is 112 Å². The quantitative estimate of drug-likeness (QED) is 0.475. The molecule has 0 saturated carbocycles. The second-order valence-electron chi connectivity index (χ2n) is 7.62. The summed E-state index contributed by atoms with van der Waals surface area (Å²) in [5.74, 6) is 0.281. The highest BCUT2D eigenvalue weighted by atomic mass is 32.2. The van der Waals surface area contributed by atoms with E-state index in [0.29, 0.717) is 17.9 Å². The minimum Gasteiger partial charge on any atom is -0.395 e. The molecule has 0 radical (unpaired) electrons. The lowest BCUT2D eigenvalue weighted by Gasteiger charge is -2.22. The summed E-state index contributed by atoms with van der Waals surface area (Å²) in [6.45, 7) is 3.17. The van der Waals surface area contributed by atoms with E-state index in [9.17, 15) is 18.3 Å². The first kappa shape index (κ1) is 21.9. The third-order valence-electron chi connectivity index (χ3n) is 5.47. The molecule has 1 amide bonds. The Morgan fingerprint density at radius 3 is 2.59 bits per heavy atom. The highest BCUT2D eigenvalue weighted by molar-refractivity contribution is 7.89. The van der Waals surface area contributed by atoms with Gasteiger partial charge in [-0.05, 0) is 48.2 Å². The van der Waals surface area contributed by atoms with Crippen molar-refractivity contribution < 1.29 is 18.3 Å². The van der Waals surface area contributed by atoms with E-state index in [0.717, 1.165) is 16.8 Å². The summed E-state index contributed by atoms with van der Waals surface area (Å²) in [5, 5.41) is 17.7. The Balaban J connectivity index is 1.50. The van der Waals surface area contributed by atoms with E-state index in [1.807, 2.05) is 30.3 Å². The third-order valence-corrected chi connectivity index (χ3v) is 7.40. The number of amides is 1. The molecule has 0 spiro atoms. The van der Waals surface area contributed by atoms with Gasteiger partial charge in [0.05, 0.1) is 17.5 Å². The maximum absolute atomic E-state index is 13.2. The number of benzene rings is 2. The Morgan fingerprint density at radius 2 is 1.91 bits per heavy atom. The second kappa shape index (κ2) is 9.07. The van der Waals surface area contributed by atoms with Crippen LogP contribution in [0.3, 0.4) is 0 Å². The fourth-order valence-corrected chi connectivity index (χ4v) is 5.53. The predicted molar refractivity (Wildman–Crippen MR) is 123 cm³/mol. The van der Waals surface area contributed by atoms with Crippen LogP contribution < -0.4 is 10.6 Å². The summed E-state index contributed by atoms with van der Waals surface area (Å²) in [5.41, 5.74) is 0.697. The molecule has 3 N–H and O–H groups in total. The van der Waals surface area contributed by atoms with Crippen LogP contribution >= 0.6 is 0 Å². The molecular weight excluding hydrogens is 428 g/mol. The fraction of sp³-hybridized carbons (Fsp3) is 0.217. The molecule has 2 unspecified atom stereocenters. The third kappa shape index (κ3) is 4.50. The van der Waals surface area contributed by atoms with Crippen LogP contribution in [0.25, 0.3) is 10.8 Å². The Kier molecular flexibility index (Phi) is 6.22. The van der Waals surface area contributed by atoms with Gasteiger partial charge < -0.3 is 15.7 Å². The first-order valence-electron chi connectivity index (χ1n) is 10.2. The van der Waals surface area contributed by atoms with Gasteiger partial charge in [-0.1, -0.05) is 30.8 Å². The van der Waals surface area contributed by atoms with Gasteiger partial charge in [-0.3, -0.25) is 4.79 Å². The normalized spacial score (nSPS) is 19.0. The predicted octanol–water partition coefficient (Wildman–Crippen LogP) is 2.40. The molecule has 2 atom stereocenters. The van der Waals surface area contributed by atoms with Gasteiger partial charge in [-0.15, -0.1) is 0 Å². The van der Waals surface area contributed by atoms with Crippen molar-refractivity contribution in [3.63, 3.8) is 0 Å². The molecule has 1 aliphatic rings. The average molecular weight is 453 g/mol. The summed E-state index contributed by atoms with van der Waals surface area (Å²) in [7, 11) is -3.84. The first-order valence-corrected chi connectivity index (χ1v) is 11.6. The molecule has 2 aromatic carbocycles. The summed E-state index contributed by atoms with van der Waals surface area (Å²) >= 11 is 0. The lowest BCUT2D eigenvalue weighted by molar-refractivity contribution is -0.117. The van der Waals surface area contributed by atoms with Gasteiger partial charge >= 0.3 is 0 Å². The van der Waals surface area contributed by atoms with Crippen LogP contribution in [-0.4, -0.2) is 54.0 Å². The lowest BCUT2D eigenvalue weighted by Crippen LogP contribution is -2.39. The monoisotopic (exact) mass is 452 g/mol. The minimum atomic E-state index is -3.84. The van der Waals surface area contributed by atoms with Crippen molar-refractivity contribution in [1.82, 2.24) is 14.6 Å². The van der Waals surface area contributed by atoms with Gasteiger partial charge in [0.1, 0.15) is 5.82 Å². The van der Waals surface area contributed by atoms with Crippen LogP contribution in [0.2, 0.25) is 0 Å². The zero-order chi connectivity index (χ0) is 22.7. The van der Waals surface area contributed by atoms with Gasteiger partial charge in [-0.25, -0.2) is 13.4 Å². The standard InChI is InChI=1S/C23H24N4O4S/c1-2-23(29)26-19-12-20(15-28)27(14-19)32(30,31)21-9-7-18(8-10-21)25-22-11-16-5-3-4-6-17(16)13-24-22/h2-11,13,19-20,28H,1,12,14-15H2,(H,24,25)(H,26,29). The van der Waals surface area contributed by atoms with Crippen molar-refractivity contribution in [1.29, 1.82) is 0 Å². The summed E-state index contributed by atoms with van der Waals surface area (Å²) in [6.07, 6.45) is 3.25. The van der Waals surface area contributed by atoms with E-state index in [2.05, 4.69) is 22.2 Å². The Morgan fingerprint density at radius 1 is 1.19 bits per heavy atom. The van der Waals surface area contributed by atoms with Gasteiger partial charge in [0.25, 0.3) is 0 Å². The van der Waals surface area contributed by atoms with E-state index in [4.69, 9.17) is 0 Å². The van der Waals surface area contributed by atoms with Crippen LogP contribution in [-0.2, 0) is 14.8 Å². The molecule has 4 rings (SSSR count). The fourth-order valence-electron chi connectivity index (χ4n) is 3.86. The molecule has 0 bridgehead atoms. The van der Waals surface area contributed by atoms with Gasteiger partial charge in [-0.2, -0.15) is 4.31 Å². The maximum Gasteiger partial charge on any atom is 0.243 e. The number of nitrogens with one attached hydrogen (secondary N) is 2. The van der Waals surface area contributed by atoms with Gasteiger partial charge in [0.2, 0.25) is 15.9 Å².